The van der Waals surface area contributed by atoms with Crippen LogP contribution in [-0.4, -0.2) is 74.4 Å². The Morgan fingerprint density at radius 1 is 1.08 bits per heavy atom. The fourth-order valence-electron chi connectivity index (χ4n) is 5.42. The van der Waals surface area contributed by atoms with Gasteiger partial charge >= 0.3 is 0 Å². The van der Waals surface area contributed by atoms with Gasteiger partial charge in [0.25, 0.3) is 0 Å². The van der Waals surface area contributed by atoms with Crippen LogP contribution in [-0.2, 0) is 9.84 Å². The van der Waals surface area contributed by atoms with Gasteiger partial charge in [-0.2, -0.15) is 4.98 Å². The van der Waals surface area contributed by atoms with E-state index in [2.05, 4.69) is 15.6 Å². The number of nitrogens with one attached hydrogen (secondary N) is 2. The molecule has 10 nitrogen and oxygen atoms in total. The van der Waals surface area contributed by atoms with Gasteiger partial charge in [-0.15, -0.1) is 11.3 Å². The molecule has 0 unspecified atom stereocenters. The molecule has 0 spiro atoms. The maximum atomic E-state index is 12.2. The molecule has 4 atom stereocenters. The third kappa shape index (κ3) is 4.99. The van der Waals surface area contributed by atoms with Gasteiger partial charge in [0.05, 0.1) is 39.5 Å². The number of pyridine rings is 1. The molecule has 3 aromatic heterocycles. The van der Waals surface area contributed by atoms with Crippen LogP contribution in [0.5, 0.6) is 0 Å². The van der Waals surface area contributed by atoms with Gasteiger partial charge in [-0.25, -0.2) is 18.4 Å². The molecule has 3 saturated carbocycles. The molecule has 3 aliphatic carbocycles. The van der Waals surface area contributed by atoms with Crippen molar-refractivity contribution in [2.75, 3.05) is 22.1 Å². The Balaban J connectivity index is 1.36. The van der Waals surface area contributed by atoms with E-state index in [0.29, 0.717) is 30.1 Å². The summed E-state index contributed by atoms with van der Waals surface area (Å²) in [6, 6.07) is 1.75. The van der Waals surface area contributed by atoms with Crippen molar-refractivity contribution >= 4 is 43.2 Å². The molecule has 0 bridgehead atoms. The molecule has 6 rings (SSSR count). The summed E-state index contributed by atoms with van der Waals surface area (Å²) in [6.45, 7) is 3.52. The Bertz CT molecular complexity index is 1450. The first-order valence-corrected chi connectivity index (χ1v) is 16.1. The zero-order valence-corrected chi connectivity index (χ0v) is 23.2. The maximum absolute atomic E-state index is 12.2. The number of aliphatic hydroxyl groups is 2. The number of hydrogen-bond acceptors (Lipinski definition) is 11. The summed E-state index contributed by atoms with van der Waals surface area (Å²) in [7, 11) is -3.30. The predicted molar refractivity (Wildman–Crippen MR) is 148 cm³/mol. The van der Waals surface area contributed by atoms with Crippen molar-refractivity contribution < 1.29 is 18.6 Å². The average molecular weight is 559 g/mol. The summed E-state index contributed by atoms with van der Waals surface area (Å²) in [5, 5.41) is 29.1. The van der Waals surface area contributed by atoms with Gasteiger partial charge in [0.2, 0.25) is 5.95 Å². The lowest BCUT2D eigenvalue weighted by molar-refractivity contribution is 0.0216. The third-order valence-electron chi connectivity index (χ3n) is 8.07. The van der Waals surface area contributed by atoms with E-state index in [1.165, 1.54) is 6.42 Å². The summed E-state index contributed by atoms with van der Waals surface area (Å²) in [4.78, 5) is 19.2. The van der Waals surface area contributed by atoms with Crippen molar-refractivity contribution in [2.24, 2.45) is 5.92 Å². The topological polar surface area (TPSA) is 150 Å². The molecule has 4 N–H and O–H groups in total. The van der Waals surface area contributed by atoms with Gasteiger partial charge in [-0.3, -0.25) is 4.98 Å². The number of nitrogens with zero attached hydrogens (tertiary/aromatic N) is 4. The van der Waals surface area contributed by atoms with Crippen LogP contribution in [0.25, 0.3) is 20.8 Å². The summed E-state index contributed by atoms with van der Waals surface area (Å²) < 4.78 is 25.6. The van der Waals surface area contributed by atoms with Crippen molar-refractivity contribution in [3.63, 3.8) is 0 Å². The molecular formula is C26H34N6O4S2. The van der Waals surface area contributed by atoms with Gasteiger partial charge < -0.3 is 20.8 Å². The third-order valence-corrected chi connectivity index (χ3v) is 10.9. The Labute approximate surface area is 226 Å². The molecule has 3 fully saturated rings. The van der Waals surface area contributed by atoms with E-state index in [9.17, 15) is 18.6 Å². The smallest absolute Gasteiger partial charge is 0.225 e. The van der Waals surface area contributed by atoms with Crippen molar-refractivity contribution in [1.29, 1.82) is 0 Å². The van der Waals surface area contributed by atoms with E-state index < -0.39 is 34.0 Å². The van der Waals surface area contributed by atoms with E-state index in [-0.39, 0.29) is 11.5 Å². The van der Waals surface area contributed by atoms with Crippen LogP contribution < -0.4 is 10.6 Å². The van der Waals surface area contributed by atoms with E-state index in [1.54, 1.807) is 18.3 Å². The van der Waals surface area contributed by atoms with Crippen molar-refractivity contribution in [1.82, 2.24) is 19.9 Å². The monoisotopic (exact) mass is 558 g/mol. The highest BCUT2D eigenvalue weighted by molar-refractivity contribution is 7.91. The highest BCUT2D eigenvalue weighted by atomic mass is 32.2. The molecule has 204 valence electrons. The molecular weight excluding hydrogens is 524 g/mol. The fourth-order valence-corrected chi connectivity index (χ4v) is 7.71. The lowest BCUT2D eigenvalue weighted by Crippen LogP contribution is -2.36. The number of aliphatic hydroxyl groups excluding tert-OH is 2. The number of anilines is 2. The number of sulfone groups is 1. The van der Waals surface area contributed by atoms with E-state index in [0.717, 1.165) is 57.9 Å². The molecule has 0 amide bonds. The Morgan fingerprint density at radius 2 is 1.87 bits per heavy atom. The van der Waals surface area contributed by atoms with E-state index in [1.807, 2.05) is 19.2 Å². The minimum absolute atomic E-state index is 0.00513. The largest absolute Gasteiger partial charge is 0.390 e. The van der Waals surface area contributed by atoms with Gasteiger partial charge in [-0.05, 0) is 51.5 Å². The van der Waals surface area contributed by atoms with E-state index in [4.69, 9.17) is 15.0 Å². The Hall–Kier alpha value is -2.41. The Morgan fingerprint density at radius 3 is 2.55 bits per heavy atom. The summed E-state index contributed by atoms with van der Waals surface area (Å²) >= 11 is 1.56. The van der Waals surface area contributed by atoms with Crippen LogP contribution in [0.3, 0.4) is 0 Å². The lowest BCUT2D eigenvalue weighted by atomic mass is 9.93. The zero-order valence-electron chi connectivity index (χ0n) is 21.6. The predicted octanol–water partition coefficient (Wildman–Crippen LogP) is 3.26. The average Bonchev–Trinajstić information content (AvgIpc) is 3.56. The second-order valence-corrected chi connectivity index (χ2v) is 14.3. The number of hydrogen-bond donors (Lipinski definition) is 4. The highest BCUT2D eigenvalue weighted by Gasteiger charge is 2.43. The fraction of sp³-hybridized carbons (Fsp3) is 0.615. The molecule has 3 heterocycles. The summed E-state index contributed by atoms with van der Waals surface area (Å²) in [5.74, 6) is 0.794. The molecule has 0 aliphatic heterocycles. The van der Waals surface area contributed by atoms with Crippen molar-refractivity contribution in [3.8, 4) is 10.6 Å². The van der Waals surface area contributed by atoms with Crippen LogP contribution in [0.2, 0.25) is 0 Å². The van der Waals surface area contributed by atoms with Crippen LogP contribution in [0, 0.1) is 12.8 Å². The number of fused-ring (bicyclic) bond motifs is 1. The van der Waals surface area contributed by atoms with Crippen LogP contribution in [0.15, 0.2) is 12.3 Å². The molecule has 0 aromatic carbocycles. The van der Waals surface area contributed by atoms with Gasteiger partial charge in [-0.1, -0.05) is 6.92 Å². The van der Waals surface area contributed by atoms with Gasteiger partial charge in [0.15, 0.2) is 0 Å². The molecule has 3 aliphatic rings. The molecule has 12 heteroatoms. The summed E-state index contributed by atoms with van der Waals surface area (Å²) in [5.41, 5.74) is 3.45. The standard InChI is InChI=1S/C26H34N6O4S2/c1-3-38(35,36)12-15-11-17(23(34)22(15)33)30-24-19(13(2)28-26(32-24)29-16-5-4-6-16)25-31-21-18(37-25)9-10-27-20(21)14-7-8-14/h9-10,14-17,22-23,33-34H,3-8,11-12H2,1-2H3,(H2,28,29,30,32)/t15-,17-,22-,23+/m1/s1. The second-order valence-electron chi connectivity index (χ2n) is 10.9. The first kappa shape index (κ1) is 25.8. The van der Waals surface area contributed by atoms with E-state index >= 15 is 0 Å². The normalized spacial score (nSPS) is 26.0. The number of aromatic nitrogens is 4. The minimum atomic E-state index is -3.30. The minimum Gasteiger partial charge on any atom is -0.390 e. The number of thiazole rings is 1. The number of rotatable bonds is 9. The Kier molecular flexibility index (Phi) is 6.78. The van der Waals surface area contributed by atoms with Gasteiger partial charge in [0.1, 0.15) is 32.3 Å². The zero-order chi connectivity index (χ0) is 26.6. The maximum Gasteiger partial charge on any atom is 0.225 e. The molecule has 38 heavy (non-hydrogen) atoms. The van der Waals surface area contributed by atoms with Crippen molar-refractivity contribution in [2.45, 2.75) is 82.6 Å². The summed E-state index contributed by atoms with van der Waals surface area (Å²) in [6.07, 6.45) is 5.47. The molecule has 0 radical (unpaired) electrons. The highest BCUT2D eigenvalue weighted by Crippen LogP contribution is 2.44. The van der Waals surface area contributed by atoms with Crippen LogP contribution in [0.1, 0.15) is 62.8 Å². The molecule has 0 saturated heterocycles. The first-order chi connectivity index (χ1) is 18.2. The lowest BCUT2D eigenvalue weighted by Gasteiger charge is -2.27. The second kappa shape index (κ2) is 9.96. The van der Waals surface area contributed by atoms with Crippen LogP contribution in [0.4, 0.5) is 11.8 Å². The quantitative estimate of drug-likeness (QED) is 0.308. The first-order valence-electron chi connectivity index (χ1n) is 13.5. The van der Waals surface area contributed by atoms with Crippen LogP contribution >= 0.6 is 11.3 Å². The number of aryl methyl sites for hydroxylation is 1. The van der Waals surface area contributed by atoms with Crippen molar-refractivity contribution in [3.05, 3.63) is 23.7 Å². The SMILES string of the molecule is CCS(=O)(=O)C[C@H]1C[C@@H](Nc2nc(NC3CCC3)nc(C)c2-c2nc3c(C4CC4)nccc3s2)[C@H](O)[C@@H]1O. The van der Waals surface area contributed by atoms with Gasteiger partial charge in [0, 0.05) is 29.8 Å². The molecule has 3 aromatic rings.